The second kappa shape index (κ2) is 7.11. The third-order valence-corrected chi connectivity index (χ3v) is 4.97. The minimum Gasteiger partial charge on any atom is -0.378 e. The molecule has 3 nitrogen and oxygen atoms in total. The summed E-state index contributed by atoms with van der Waals surface area (Å²) in [6, 6.07) is 8.00. The first-order valence-corrected chi connectivity index (χ1v) is 8.22. The van der Waals surface area contributed by atoms with Crippen LogP contribution >= 0.6 is 15.9 Å². The Morgan fingerprint density at radius 3 is 2.75 bits per heavy atom. The highest BCUT2D eigenvalue weighted by atomic mass is 79.9. The number of amides is 1. The zero-order valence-corrected chi connectivity index (χ0v) is 13.8. The Morgan fingerprint density at radius 2 is 2.00 bits per heavy atom. The Hall–Kier alpha value is -1.03. The van der Waals surface area contributed by atoms with Gasteiger partial charge < -0.3 is 10.2 Å². The van der Waals surface area contributed by atoms with Crippen LogP contribution < -0.4 is 10.2 Å². The van der Waals surface area contributed by atoms with Gasteiger partial charge >= 0.3 is 0 Å². The molecule has 1 amide bonds. The molecule has 110 valence electrons. The molecule has 0 radical (unpaired) electrons. The van der Waals surface area contributed by atoms with Crippen molar-refractivity contribution in [2.45, 2.75) is 43.0 Å². The Bertz CT molecular complexity index is 462. The van der Waals surface area contributed by atoms with Crippen LogP contribution in [0.2, 0.25) is 0 Å². The highest BCUT2D eigenvalue weighted by Gasteiger charge is 2.23. The topological polar surface area (TPSA) is 32.3 Å². The molecular formula is C16H23BrN2O. The largest absolute Gasteiger partial charge is 0.378 e. The van der Waals surface area contributed by atoms with Gasteiger partial charge in [-0.3, -0.25) is 4.79 Å². The van der Waals surface area contributed by atoms with Crippen LogP contribution in [0.4, 0.5) is 5.69 Å². The first kappa shape index (κ1) is 15.4. The first-order valence-electron chi connectivity index (χ1n) is 7.30. The van der Waals surface area contributed by atoms with Crippen LogP contribution in [0.5, 0.6) is 0 Å². The summed E-state index contributed by atoms with van der Waals surface area (Å²) in [4.78, 5) is 14.8. The quantitative estimate of drug-likeness (QED) is 0.674. The lowest BCUT2D eigenvalue weighted by atomic mass is 10.1. The van der Waals surface area contributed by atoms with Gasteiger partial charge in [-0.1, -0.05) is 41.3 Å². The maximum absolute atomic E-state index is 12.4. The summed E-state index contributed by atoms with van der Waals surface area (Å²) < 4.78 is 0. The molecule has 0 aliphatic heterocycles. The predicted octanol–water partition coefficient (Wildman–Crippen LogP) is 3.58. The number of anilines is 1. The van der Waals surface area contributed by atoms with E-state index in [2.05, 4.69) is 21.2 Å². The number of hydrogen-bond acceptors (Lipinski definition) is 2. The molecule has 2 atom stereocenters. The minimum atomic E-state index is 0.0325. The van der Waals surface area contributed by atoms with E-state index in [0.29, 0.717) is 4.83 Å². The maximum atomic E-state index is 12.4. The standard InChI is InChI=1S/C16H23BrN2O/c1-19(2)13-8-6-7-12(11-13)16(20)18-15-10-5-3-4-9-14(15)17/h6-8,11,14-15H,3-5,9-10H2,1-2H3,(H,18,20). The molecule has 1 aliphatic carbocycles. The van der Waals surface area contributed by atoms with Crippen LogP contribution in [0.1, 0.15) is 42.5 Å². The zero-order chi connectivity index (χ0) is 14.5. The van der Waals surface area contributed by atoms with Gasteiger partial charge in [-0.05, 0) is 31.0 Å². The number of halogens is 1. The fourth-order valence-electron chi connectivity index (χ4n) is 2.60. The van der Waals surface area contributed by atoms with E-state index in [1.807, 2.05) is 43.3 Å². The van der Waals surface area contributed by atoms with Crippen molar-refractivity contribution in [1.29, 1.82) is 0 Å². The van der Waals surface area contributed by atoms with Gasteiger partial charge in [-0.25, -0.2) is 0 Å². The third-order valence-electron chi connectivity index (χ3n) is 3.87. The van der Waals surface area contributed by atoms with E-state index in [1.165, 1.54) is 19.3 Å². The molecule has 1 N–H and O–H groups in total. The summed E-state index contributed by atoms with van der Waals surface area (Å²) in [6.45, 7) is 0. The summed E-state index contributed by atoms with van der Waals surface area (Å²) >= 11 is 3.72. The van der Waals surface area contributed by atoms with Crippen molar-refractivity contribution < 1.29 is 4.79 Å². The van der Waals surface area contributed by atoms with Gasteiger partial charge in [0.1, 0.15) is 0 Å². The van der Waals surface area contributed by atoms with Gasteiger partial charge in [0.15, 0.2) is 0 Å². The number of nitrogens with one attached hydrogen (secondary N) is 1. The average molecular weight is 339 g/mol. The molecule has 0 saturated heterocycles. The van der Waals surface area contributed by atoms with E-state index in [4.69, 9.17) is 0 Å². The van der Waals surface area contributed by atoms with Crippen molar-refractivity contribution in [1.82, 2.24) is 5.32 Å². The summed E-state index contributed by atoms with van der Waals surface area (Å²) in [7, 11) is 3.97. The van der Waals surface area contributed by atoms with Crippen molar-refractivity contribution in [2.24, 2.45) is 0 Å². The number of benzene rings is 1. The van der Waals surface area contributed by atoms with E-state index in [9.17, 15) is 4.79 Å². The van der Waals surface area contributed by atoms with Crippen molar-refractivity contribution >= 4 is 27.5 Å². The van der Waals surface area contributed by atoms with Gasteiger partial charge in [-0.15, -0.1) is 0 Å². The average Bonchev–Trinajstić information content (AvgIpc) is 2.64. The van der Waals surface area contributed by atoms with Crippen molar-refractivity contribution in [3.05, 3.63) is 29.8 Å². The van der Waals surface area contributed by atoms with Crippen molar-refractivity contribution in [2.75, 3.05) is 19.0 Å². The highest BCUT2D eigenvalue weighted by Crippen LogP contribution is 2.24. The van der Waals surface area contributed by atoms with Gasteiger partial charge in [0.25, 0.3) is 5.91 Å². The molecule has 4 heteroatoms. The Balaban J connectivity index is 2.05. The second-order valence-electron chi connectivity index (χ2n) is 5.68. The molecule has 0 spiro atoms. The molecule has 20 heavy (non-hydrogen) atoms. The zero-order valence-electron chi connectivity index (χ0n) is 12.2. The number of carbonyl (C=O) groups is 1. The Kier molecular flexibility index (Phi) is 5.46. The minimum absolute atomic E-state index is 0.0325. The van der Waals surface area contributed by atoms with E-state index < -0.39 is 0 Å². The van der Waals surface area contributed by atoms with Crippen LogP contribution in [0, 0.1) is 0 Å². The molecule has 1 aromatic rings. The number of alkyl halides is 1. The lowest BCUT2D eigenvalue weighted by molar-refractivity contribution is 0.0935. The molecule has 0 heterocycles. The van der Waals surface area contributed by atoms with Crippen molar-refractivity contribution in [3.8, 4) is 0 Å². The molecule has 2 unspecified atom stereocenters. The third kappa shape index (κ3) is 3.98. The normalized spacial score (nSPS) is 22.9. The van der Waals surface area contributed by atoms with Crippen LogP contribution in [0.3, 0.4) is 0 Å². The van der Waals surface area contributed by atoms with Crippen LogP contribution in [-0.4, -0.2) is 30.9 Å². The first-order chi connectivity index (χ1) is 9.58. The Morgan fingerprint density at radius 1 is 1.25 bits per heavy atom. The number of carbonyl (C=O) groups excluding carboxylic acids is 1. The summed E-state index contributed by atoms with van der Waals surface area (Å²) in [5.74, 6) is 0.0325. The molecular weight excluding hydrogens is 316 g/mol. The van der Waals surface area contributed by atoms with E-state index >= 15 is 0 Å². The van der Waals surface area contributed by atoms with Crippen LogP contribution in [-0.2, 0) is 0 Å². The molecule has 2 rings (SSSR count). The van der Waals surface area contributed by atoms with Crippen LogP contribution in [0.25, 0.3) is 0 Å². The van der Waals surface area contributed by atoms with Gasteiger partial charge in [0.2, 0.25) is 0 Å². The van der Waals surface area contributed by atoms with Gasteiger partial charge in [0.05, 0.1) is 0 Å². The highest BCUT2D eigenvalue weighted by molar-refractivity contribution is 9.09. The second-order valence-corrected chi connectivity index (χ2v) is 6.85. The number of hydrogen-bond donors (Lipinski definition) is 1. The summed E-state index contributed by atoms with van der Waals surface area (Å²) in [6.07, 6.45) is 5.92. The summed E-state index contributed by atoms with van der Waals surface area (Å²) in [5.41, 5.74) is 1.79. The summed E-state index contributed by atoms with van der Waals surface area (Å²) in [5, 5.41) is 3.19. The van der Waals surface area contributed by atoms with Crippen LogP contribution in [0.15, 0.2) is 24.3 Å². The number of rotatable bonds is 3. The lowest BCUT2D eigenvalue weighted by Gasteiger charge is -2.22. The fourth-order valence-corrected chi connectivity index (χ4v) is 3.32. The molecule has 0 bridgehead atoms. The van der Waals surface area contributed by atoms with Gasteiger partial charge in [-0.2, -0.15) is 0 Å². The molecule has 1 saturated carbocycles. The molecule has 1 aromatic carbocycles. The predicted molar refractivity (Wildman–Crippen MR) is 87.8 cm³/mol. The molecule has 1 aliphatic rings. The monoisotopic (exact) mass is 338 g/mol. The van der Waals surface area contributed by atoms with Gasteiger partial charge in [0, 0.05) is 36.2 Å². The fraction of sp³-hybridized carbons (Fsp3) is 0.562. The van der Waals surface area contributed by atoms with E-state index in [1.54, 1.807) is 0 Å². The number of nitrogens with zero attached hydrogens (tertiary/aromatic N) is 1. The molecule has 1 fully saturated rings. The maximum Gasteiger partial charge on any atom is 0.251 e. The molecule has 0 aromatic heterocycles. The van der Waals surface area contributed by atoms with E-state index in [0.717, 1.165) is 24.1 Å². The Labute approximate surface area is 129 Å². The SMILES string of the molecule is CN(C)c1cccc(C(=O)NC2CCCCCC2Br)c1. The van der Waals surface area contributed by atoms with Crippen molar-refractivity contribution in [3.63, 3.8) is 0 Å². The smallest absolute Gasteiger partial charge is 0.251 e. The lowest BCUT2D eigenvalue weighted by Crippen LogP contribution is -2.40. The van der Waals surface area contributed by atoms with E-state index in [-0.39, 0.29) is 11.9 Å².